The van der Waals surface area contributed by atoms with Crippen molar-refractivity contribution >= 4 is 11.9 Å². The number of amides is 1. The van der Waals surface area contributed by atoms with Gasteiger partial charge in [0.15, 0.2) is 0 Å². The van der Waals surface area contributed by atoms with Gasteiger partial charge in [-0.3, -0.25) is 9.89 Å². The minimum Gasteiger partial charge on any atom is -0.508 e. The van der Waals surface area contributed by atoms with Gasteiger partial charge in [0.2, 0.25) is 11.8 Å². The van der Waals surface area contributed by atoms with Crippen LogP contribution in [0.15, 0.2) is 24.3 Å². The van der Waals surface area contributed by atoms with Crippen molar-refractivity contribution in [2.45, 2.75) is 25.4 Å². The Kier molecular flexibility index (Phi) is 3.02. The van der Waals surface area contributed by atoms with E-state index < -0.39 is 0 Å². The molecule has 1 aliphatic rings. The predicted molar refractivity (Wildman–Crippen MR) is 71.8 cm³/mol. The van der Waals surface area contributed by atoms with Crippen molar-refractivity contribution in [1.29, 1.82) is 0 Å². The topological polar surface area (TPSA) is 108 Å². The molecule has 1 aromatic heterocycles. The van der Waals surface area contributed by atoms with Crippen LogP contribution in [0.3, 0.4) is 0 Å². The number of aromatic amines is 1. The first-order valence-corrected chi connectivity index (χ1v) is 6.40. The number of hydrogen-bond acceptors (Lipinski definition) is 5. The number of aromatic hydroxyl groups is 1. The zero-order chi connectivity index (χ0) is 14.1. The average molecular weight is 273 g/mol. The highest BCUT2D eigenvalue weighted by Gasteiger charge is 2.34. The Bertz CT molecular complexity index is 635. The number of aromatic nitrogens is 3. The quantitative estimate of drug-likeness (QED) is 0.767. The minimum atomic E-state index is -0.222. The van der Waals surface area contributed by atoms with Crippen LogP contribution in [0.5, 0.6) is 5.75 Å². The predicted octanol–water partition coefficient (Wildman–Crippen LogP) is 0.897. The normalized spacial score (nSPS) is 14.2. The lowest BCUT2D eigenvalue weighted by molar-refractivity contribution is 0.0717. The molecule has 1 amide bonds. The van der Waals surface area contributed by atoms with E-state index in [9.17, 15) is 9.90 Å². The fourth-order valence-corrected chi connectivity index (χ4v) is 2.11. The van der Waals surface area contributed by atoms with Gasteiger partial charge >= 0.3 is 0 Å². The monoisotopic (exact) mass is 273 g/mol. The number of benzene rings is 1. The molecular formula is C13H15N5O2. The first-order valence-electron chi connectivity index (χ1n) is 6.40. The van der Waals surface area contributed by atoms with E-state index in [1.54, 1.807) is 23.1 Å². The van der Waals surface area contributed by atoms with Gasteiger partial charge in [-0.2, -0.15) is 4.98 Å². The van der Waals surface area contributed by atoms with E-state index in [1.165, 1.54) is 0 Å². The summed E-state index contributed by atoms with van der Waals surface area (Å²) in [4.78, 5) is 18.0. The molecule has 1 aromatic carbocycles. The number of H-pyrrole nitrogens is 1. The molecule has 1 fully saturated rings. The van der Waals surface area contributed by atoms with Gasteiger partial charge in [-0.05, 0) is 30.5 Å². The molecule has 1 aliphatic carbocycles. The van der Waals surface area contributed by atoms with E-state index in [2.05, 4.69) is 15.2 Å². The Morgan fingerprint density at radius 3 is 2.90 bits per heavy atom. The lowest BCUT2D eigenvalue weighted by Gasteiger charge is -2.21. The van der Waals surface area contributed by atoms with Crippen LogP contribution in [0, 0.1) is 0 Å². The zero-order valence-electron chi connectivity index (χ0n) is 10.8. The van der Waals surface area contributed by atoms with E-state index in [-0.39, 0.29) is 29.5 Å². The summed E-state index contributed by atoms with van der Waals surface area (Å²) in [6, 6.07) is 7.10. The number of phenolic OH excluding ortho intramolecular Hbond substituents is 1. The number of nitrogen functional groups attached to an aromatic ring is 1. The molecule has 20 heavy (non-hydrogen) atoms. The Hall–Kier alpha value is -2.57. The molecule has 4 N–H and O–H groups in total. The van der Waals surface area contributed by atoms with Crippen molar-refractivity contribution in [3.63, 3.8) is 0 Å². The zero-order valence-corrected chi connectivity index (χ0v) is 10.8. The van der Waals surface area contributed by atoms with Gasteiger partial charge in [-0.25, -0.2) is 0 Å². The third-order valence-electron chi connectivity index (χ3n) is 3.22. The maximum absolute atomic E-state index is 12.4. The average Bonchev–Trinajstić information content (AvgIpc) is 3.17. The van der Waals surface area contributed by atoms with Crippen molar-refractivity contribution in [3.8, 4) is 5.75 Å². The number of nitrogens with two attached hydrogens (primary N) is 1. The second-order valence-corrected chi connectivity index (χ2v) is 4.88. The molecule has 0 radical (unpaired) electrons. The summed E-state index contributed by atoms with van der Waals surface area (Å²) in [5.41, 5.74) is 6.30. The summed E-state index contributed by atoms with van der Waals surface area (Å²) in [6.07, 6.45) is 1.96. The molecule has 7 heteroatoms. The summed E-state index contributed by atoms with van der Waals surface area (Å²) in [5.74, 6) is 0.172. The number of carbonyl (C=O) groups excluding carboxylic acids is 1. The number of phenols is 1. The molecule has 0 atom stereocenters. The first kappa shape index (κ1) is 12.5. The second-order valence-electron chi connectivity index (χ2n) is 4.88. The van der Waals surface area contributed by atoms with Crippen LogP contribution in [0.4, 0.5) is 5.95 Å². The molecular weight excluding hydrogens is 258 g/mol. The maximum atomic E-state index is 12.4. The summed E-state index contributed by atoms with van der Waals surface area (Å²) in [6.45, 7) is 0.429. The summed E-state index contributed by atoms with van der Waals surface area (Å²) >= 11 is 0. The first-order chi connectivity index (χ1) is 9.63. The molecule has 104 valence electrons. The van der Waals surface area contributed by atoms with Gasteiger partial charge in [0, 0.05) is 12.6 Å². The highest BCUT2D eigenvalue weighted by molar-refractivity contribution is 5.91. The third-order valence-corrected chi connectivity index (χ3v) is 3.22. The summed E-state index contributed by atoms with van der Waals surface area (Å²) in [7, 11) is 0. The van der Waals surface area contributed by atoms with Gasteiger partial charge in [0.25, 0.3) is 5.91 Å². The lowest BCUT2D eigenvalue weighted by Crippen LogP contribution is -2.33. The van der Waals surface area contributed by atoms with Crippen LogP contribution < -0.4 is 5.73 Å². The van der Waals surface area contributed by atoms with Gasteiger partial charge in [0.1, 0.15) is 5.75 Å². The van der Waals surface area contributed by atoms with E-state index >= 15 is 0 Å². The maximum Gasteiger partial charge on any atom is 0.291 e. The van der Waals surface area contributed by atoms with Crippen LogP contribution in [0.1, 0.15) is 29.0 Å². The van der Waals surface area contributed by atoms with Crippen molar-refractivity contribution in [1.82, 2.24) is 20.1 Å². The van der Waals surface area contributed by atoms with E-state index in [4.69, 9.17) is 5.73 Å². The number of carbonyl (C=O) groups is 1. The minimum absolute atomic E-state index is 0.0569. The SMILES string of the molecule is Nc1n[nH]c(C(=O)N(Cc2cccc(O)c2)C2CC2)n1. The Labute approximate surface area is 115 Å². The molecule has 3 rings (SSSR count). The molecule has 2 aromatic rings. The fourth-order valence-electron chi connectivity index (χ4n) is 2.11. The van der Waals surface area contributed by atoms with Gasteiger partial charge < -0.3 is 15.7 Å². The van der Waals surface area contributed by atoms with Crippen molar-refractivity contribution in [2.75, 3.05) is 5.73 Å². The molecule has 0 unspecified atom stereocenters. The van der Waals surface area contributed by atoms with Crippen LogP contribution in [-0.2, 0) is 6.54 Å². The van der Waals surface area contributed by atoms with Crippen molar-refractivity contribution in [3.05, 3.63) is 35.7 Å². The lowest BCUT2D eigenvalue weighted by atomic mass is 10.2. The Morgan fingerprint density at radius 1 is 1.50 bits per heavy atom. The highest BCUT2D eigenvalue weighted by Crippen LogP contribution is 2.29. The Balaban J connectivity index is 1.81. The third kappa shape index (κ3) is 2.56. The molecule has 1 heterocycles. The second kappa shape index (κ2) is 4.84. The number of nitrogens with zero attached hydrogens (tertiary/aromatic N) is 3. The molecule has 0 saturated heterocycles. The van der Waals surface area contributed by atoms with Gasteiger partial charge in [-0.1, -0.05) is 12.1 Å². The molecule has 0 spiro atoms. The molecule has 0 aliphatic heterocycles. The van der Waals surface area contributed by atoms with Crippen molar-refractivity contribution < 1.29 is 9.90 Å². The summed E-state index contributed by atoms with van der Waals surface area (Å²) < 4.78 is 0. The van der Waals surface area contributed by atoms with Crippen LogP contribution >= 0.6 is 0 Å². The van der Waals surface area contributed by atoms with Gasteiger partial charge in [-0.15, -0.1) is 5.10 Å². The van der Waals surface area contributed by atoms with E-state index in [0.29, 0.717) is 6.54 Å². The number of hydrogen-bond donors (Lipinski definition) is 3. The van der Waals surface area contributed by atoms with Crippen LogP contribution in [0.25, 0.3) is 0 Å². The largest absolute Gasteiger partial charge is 0.508 e. The standard InChI is InChI=1S/C13H15N5O2/c14-13-15-11(16-17-13)12(20)18(9-4-5-9)7-8-2-1-3-10(19)6-8/h1-3,6,9,19H,4-5,7H2,(H3,14,15,16,17). The van der Waals surface area contributed by atoms with Gasteiger partial charge in [0.05, 0.1) is 0 Å². The summed E-state index contributed by atoms with van der Waals surface area (Å²) in [5, 5.41) is 15.7. The van der Waals surface area contributed by atoms with Crippen LogP contribution in [0.2, 0.25) is 0 Å². The number of anilines is 1. The highest BCUT2D eigenvalue weighted by atomic mass is 16.3. The molecule has 1 saturated carbocycles. The molecule has 0 bridgehead atoms. The number of rotatable bonds is 4. The Morgan fingerprint density at radius 2 is 2.30 bits per heavy atom. The van der Waals surface area contributed by atoms with Crippen molar-refractivity contribution in [2.24, 2.45) is 0 Å². The van der Waals surface area contributed by atoms with Crippen LogP contribution in [-0.4, -0.2) is 37.1 Å². The smallest absolute Gasteiger partial charge is 0.291 e. The molecule has 7 nitrogen and oxygen atoms in total. The number of nitrogens with one attached hydrogen (secondary N) is 1. The fraction of sp³-hybridized carbons (Fsp3) is 0.308. The van der Waals surface area contributed by atoms with E-state index in [1.807, 2.05) is 6.07 Å². The van der Waals surface area contributed by atoms with E-state index in [0.717, 1.165) is 18.4 Å².